The molecule has 2 N–H and O–H groups in total. The second kappa shape index (κ2) is 4.36. The number of rotatable bonds is 1. The molecule has 3 atom stereocenters. The zero-order valence-electron chi connectivity index (χ0n) is 9.87. The third-order valence-electron chi connectivity index (χ3n) is 3.50. The Balaban J connectivity index is 2.19. The van der Waals surface area contributed by atoms with E-state index >= 15 is 0 Å². The maximum atomic E-state index is 12.3. The fourth-order valence-corrected chi connectivity index (χ4v) is 2.55. The molecule has 104 valence electrons. The summed E-state index contributed by atoms with van der Waals surface area (Å²) in [5.41, 5.74) is 4.41. The van der Waals surface area contributed by atoms with Gasteiger partial charge in [-0.25, -0.2) is 4.79 Å². The molecule has 2 aliphatic heterocycles. The van der Waals surface area contributed by atoms with Gasteiger partial charge in [-0.3, -0.25) is 4.90 Å². The van der Waals surface area contributed by atoms with Gasteiger partial charge in [-0.2, -0.15) is 13.2 Å². The number of fused-ring (bicyclic) bond motifs is 2. The van der Waals surface area contributed by atoms with Crippen LogP contribution < -0.4 is 5.73 Å². The zero-order chi connectivity index (χ0) is 13.6. The predicted octanol–water partition coefficient (Wildman–Crippen LogP) is 0.240. The van der Waals surface area contributed by atoms with Crippen LogP contribution in [-0.2, 0) is 14.3 Å². The van der Waals surface area contributed by atoms with Crippen molar-refractivity contribution in [1.29, 1.82) is 0 Å². The van der Waals surface area contributed by atoms with Crippen LogP contribution in [0.3, 0.4) is 0 Å². The molecular formula is C10H15F3N2O3. The molecule has 0 aliphatic carbocycles. The second-order valence-corrected chi connectivity index (χ2v) is 4.81. The number of likely N-dealkylation sites (N-methyl/N-ethyl adjacent to an activating group) is 1. The van der Waals surface area contributed by atoms with Crippen molar-refractivity contribution in [2.45, 2.75) is 36.8 Å². The molecule has 2 rings (SSSR count). The average molecular weight is 268 g/mol. The lowest BCUT2D eigenvalue weighted by molar-refractivity contribution is -0.269. The largest absolute Gasteiger partial charge is 0.490 e. The van der Waals surface area contributed by atoms with Gasteiger partial charge in [-0.1, -0.05) is 0 Å². The number of ether oxygens (including phenoxy) is 2. The minimum Gasteiger partial charge on any atom is -0.434 e. The molecule has 2 bridgehead atoms. The first-order chi connectivity index (χ1) is 8.24. The van der Waals surface area contributed by atoms with Gasteiger partial charge in [0.15, 0.2) is 5.72 Å². The normalized spacial score (nSPS) is 37.4. The highest BCUT2D eigenvalue weighted by Crippen LogP contribution is 2.36. The molecule has 2 saturated heterocycles. The van der Waals surface area contributed by atoms with Crippen molar-refractivity contribution in [3.63, 3.8) is 0 Å². The van der Waals surface area contributed by atoms with E-state index in [-0.39, 0.29) is 25.1 Å². The number of piperidine rings is 1. The minimum atomic E-state index is -5.01. The van der Waals surface area contributed by atoms with Gasteiger partial charge in [0.05, 0.1) is 6.61 Å². The molecule has 0 aromatic carbocycles. The van der Waals surface area contributed by atoms with E-state index in [1.54, 1.807) is 11.9 Å². The number of carbonyl (C=O) groups is 1. The highest BCUT2D eigenvalue weighted by atomic mass is 19.4. The molecule has 0 saturated carbocycles. The molecule has 8 heteroatoms. The molecule has 0 spiro atoms. The third kappa shape index (κ3) is 2.32. The topological polar surface area (TPSA) is 64.8 Å². The van der Waals surface area contributed by atoms with Gasteiger partial charge < -0.3 is 15.2 Å². The number of nitrogens with zero attached hydrogens (tertiary/aromatic N) is 1. The summed E-state index contributed by atoms with van der Waals surface area (Å²) in [6.45, 7) is 0.297. The lowest BCUT2D eigenvalue weighted by atomic mass is 9.88. The molecule has 2 aliphatic rings. The van der Waals surface area contributed by atoms with Crippen molar-refractivity contribution in [1.82, 2.24) is 4.90 Å². The average Bonchev–Trinajstić information content (AvgIpc) is 2.20. The first-order valence-corrected chi connectivity index (χ1v) is 5.61. The van der Waals surface area contributed by atoms with E-state index in [0.717, 1.165) is 0 Å². The Hall–Kier alpha value is -0.860. The number of hydrogen-bond donors (Lipinski definition) is 1. The Bertz CT molecular complexity index is 350. The molecule has 1 unspecified atom stereocenters. The van der Waals surface area contributed by atoms with E-state index in [1.807, 2.05) is 0 Å². The molecule has 2 heterocycles. The predicted molar refractivity (Wildman–Crippen MR) is 54.5 cm³/mol. The Morgan fingerprint density at radius 3 is 2.83 bits per heavy atom. The number of nitrogens with two attached hydrogens (primary N) is 1. The monoisotopic (exact) mass is 268 g/mol. The van der Waals surface area contributed by atoms with Gasteiger partial charge in [0.25, 0.3) is 0 Å². The zero-order valence-corrected chi connectivity index (χ0v) is 9.87. The van der Waals surface area contributed by atoms with E-state index in [2.05, 4.69) is 4.74 Å². The van der Waals surface area contributed by atoms with Crippen molar-refractivity contribution < 1.29 is 27.4 Å². The fraction of sp³-hybridized carbons (Fsp3) is 0.900. The summed E-state index contributed by atoms with van der Waals surface area (Å²) >= 11 is 0. The molecule has 0 aromatic heterocycles. The standard InChI is InChI=1S/C10H15F3N2O3/c1-15-7-2-6(14)3-9(15,5-17-4-7)18-8(16)10(11,12)13/h6-7H,2-5,14H2,1H3/t6?,7-,9+/m0/s1. The van der Waals surface area contributed by atoms with E-state index in [4.69, 9.17) is 10.5 Å². The Kier molecular flexibility index (Phi) is 3.28. The summed E-state index contributed by atoms with van der Waals surface area (Å²) in [7, 11) is 1.63. The number of halogens is 3. The first-order valence-electron chi connectivity index (χ1n) is 5.61. The molecule has 0 amide bonds. The number of morpholine rings is 1. The van der Waals surface area contributed by atoms with Crippen LogP contribution in [0.15, 0.2) is 0 Å². The van der Waals surface area contributed by atoms with Gasteiger partial charge in [-0.15, -0.1) is 0 Å². The van der Waals surface area contributed by atoms with Crippen molar-refractivity contribution >= 4 is 5.97 Å². The van der Waals surface area contributed by atoms with E-state index in [1.165, 1.54) is 0 Å². The van der Waals surface area contributed by atoms with Gasteiger partial charge in [0.2, 0.25) is 0 Å². The molecule has 18 heavy (non-hydrogen) atoms. The van der Waals surface area contributed by atoms with Gasteiger partial charge in [-0.05, 0) is 13.5 Å². The van der Waals surface area contributed by atoms with Crippen LogP contribution in [0.2, 0.25) is 0 Å². The molecule has 2 fully saturated rings. The Labute approximate surface area is 102 Å². The van der Waals surface area contributed by atoms with E-state index in [0.29, 0.717) is 13.0 Å². The summed E-state index contributed by atoms with van der Waals surface area (Å²) in [6.07, 6.45) is -4.26. The smallest absolute Gasteiger partial charge is 0.434 e. The first kappa shape index (κ1) is 13.6. The molecular weight excluding hydrogens is 253 g/mol. The van der Waals surface area contributed by atoms with E-state index < -0.39 is 17.9 Å². The van der Waals surface area contributed by atoms with Crippen LogP contribution >= 0.6 is 0 Å². The van der Waals surface area contributed by atoms with Crippen LogP contribution in [0.5, 0.6) is 0 Å². The van der Waals surface area contributed by atoms with Crippen molar-refractivity contribution in [2.75, 3.05) is 20.3 Å². The van der Waals surface area contributed by atoms with Crippen molar-refractivity contribution in [2.24, 2.45) is 5.73 Å². The van der Waals surface area contributed by atoms with Crippen LogP contribution in [0, 0.1) is 0 Å². The third-order valence-corrected chi connectivity index (χ3v) is 3.50. The quantitative estimate of drug-likeness (QED) is 0.690. The van der Waals surface area contributed by atoms with Gasteiger partial charge in [0.1, 0.15) is 6.61 Å². The SMILES string of the molecule is CN1[C@@H]2COC[C@]1(OC(=O)C(F)(F)F)CC(N)C2. The summed E-state index contributed by atoms with van der Waals surface area (Å²) in [5, 5.41) is 0. The summed E-state index contributed by atoms with van der Waals surface area (Å²) in [6, 6.07) is -0.417. The van der Waals surface area contributed by atoms with Crippen LogP contribution in [-0.4, -0.2) is 55.1 Å². The Morgan fingerprint density at radius 1 is 1.56 bits per heavy atom. The van der Waals surface area contributed by atoms with E-state index in [9.17, 15) is 18.0 Å². The van der Waals surface area contributed by atoms with Crippen LogP contribution in [0.4, 0.5) is 13.2 Å². The van der Waals surface area contributed by atoms with Gasteiger partial charge in [0, 0.05) is 18.5 Å². The molecule has 5 nitrogen and oxygen atoms in total. The highest BCUT2D eigenvalue weighted by molar-refractivity contribution is 5.76. The summed E-state index contributed by atoms with van der Waals surface area (Å²) < 4.78 is 46.7. The van der Waals surface area contributed by atoms with Crippen molar-refractivity contribution in [3.8, 4) is 0 Å². The maximum Gasteiger partial charge on any atom is 0.490 e. The lowest BCUT2D eigenvalue weighted by Gasteiger charge is -2.53. The maximum absolute atomic E-state index is 12.3. The van der Waals surface area contributed by atoms with Crippen LogP contribution in [0.1, 0.15) is 12.8 Å². The van der Waals surface area contributed by atoms with Crippen molar-refractivity contribution in [3.05, 3.63) is 0 Å². The summed E-state index contributed by atoms with van der Waals surface area (Å²) in [4.78, 5) is 12.6. The highest BCUT2D eigenvalue weighted by Gasteiger charge is 2.54. The lowest BCUT2D eigenvalue weighted by Crippen LogP contribution is -2.68. The summed E-state index contributed by atoms with van der Waals surface area (Å²) in [5.74, 6) is -2.20. The minimum absolute atomic E-state index is 0.0878. The van der Waals surface area contributed by atoms with Gasteiger partial charge >= 0.3 is 12.1 Å². The molecule has 0 radical (unpaired) electrons. The number of hydrogen-bond acceptors (Lipinski definition) is 5. The Morgan fingerprint density at radius 2 is 2.22 bits per heavy atom. The number of carbonyl (C=O) groups excluding carboxylic acids is 1. The molecule has 0 aromatic rings. The van der Waals surface area contributed by atoms with Crippen LogP contribution in [0.25, 0.3) is 0 Å². The fourth-order valence-electron chi connectivity index (χ4n) is 2.55. The second-order valence-electron chi connectivity index (χ2n) is 4.81. The number of esters is 1. The number of alkyl halides is 3.